The van der Waals surface area contributed by atoms with Crippen molar-refractivity contribution in [3.63, 3.8) is 0 Å². The van der Waals surface area contributed by atoms with Crippen LogP contribution in [0.25, 0.3) is 0 Å². The van der Waals surface area contributed by atoms with Gasteiger partial charge >= 0.3 is 10.0 Å². The molecule has 132 valence electrons. The predicted molar refractivity (Wildman–Crippen MR) is 104 cm³/mol. The molecule has 24 heavy (non-hydrogen) atoms. The SMILES string of the molecule is CSCCCNC(=S)Nc1cccc(S(=O)(=O)NC2=[NH+]CCC2)c1. The predicted octanol–water partition coefficient (Wildman–Crippen LogP) is 0.277. The molecule has 1 aromatic rings. The van der Waals surface area contributed by atoms with Crippen molar-refractivity contribution in [1.82, 2.24) is 10.0 Å². The topological polar surface area (TPSA) is 84.2 Å². The lowest BCUT2D eigenvalue weighted by molar-refractivity contribution is -0.448. The van der Waals surface area contributed by atoms with Gasteiger partial charge in [0.2, 0.25) is 0 Å². The van der Waals surface area contributed by atoms with E-state index in [1.807, 2.05) is 0 Å². The minimum absolute atomic E-state index is 0.207. The van der Waals surface area contributed by atoms with Crippen molar-refractivity contribution < 1.29 is 13.4 Å². The molecule has 1 aliphatic rings. The molecule has 0 fully saturated rings. The molecule has 0 atom stereocenters. The molecular weight excluding hydrogens is 364 g/mol. The quantitative estimate of drug-likeness (QED) is 0.397. The van der Waals surface area contributed by atoms with E-state index in [9.17, 15) is 8.42 Å². The summed E-state index contributed by atoms with van der Waals surface area (Å²) in [5.41, 5.74) is 0.643. The highest BCUT2D eigenvalue weighted by molar-refractivity contribution is 7.98. The molecule has 9 heteroatoms. The summed E-state index contributed by atoms with van der Waals surface area (Å²) < 4.78 is 27.4. The van der Waals surface area contributed by atoms with E-state index in [0.29, 0.717) is 16.6 Å². The van der Waals surface area contributed by atoms with Crippen molar-refractivity contribution in [2.45, 2.75) is 24.2 Å². The first kappa shape index (κ1) is 19.0. The number of benzene rings is 1. The van der Waals surface area contributed by atoms with Crippen LogP contribution in [0.4, 0.5) is 5.69 Å². The Morgan fingerprint density at radius 3 is 2.96 bits per heavy atom. The second-order valence-electron chi connectivity index (χ2n) is 5.37. The summed E-state index contributed by atoms with van der Waals surface area (Å²) >= 11 is 7.02. The molecule has 0 saturated carbocycles. The fourth-order valence-corrected chi connectivity index (χ4v) is 4.05. The zero-order valence-corrected chi connectivity index (χ0v) is 16.0. The van der Waals surface area contributed by atoms with Gasteiger partial charge in [-0.25, -0.2) is 0 Å². The molecule has 1 aromatic carbocycles. The van der Waals surface area contributed by atoms with Crippen molar-refractivity contribution in [1.29, 1.82) is 0 Å². The van der Waals surface area contributed by atoms with Gasteiger partial charge in [0.15, 0.2) is 5.11 Å². The Bertz CT molecular complexity index is 704. The van der Waals surface area contributed by atoms with Crippen LogP contribution in [-0.2, 0) is 10.0 Å². The minimum Gasteiger partial charge on any atom is -0.362 e. The first-order chi connectivity index (χ1) is 11.5. The third-order valence-corrected chi connectivity index (χ3v) is 5.75. The Morgan fingerprint density at radius 1 is 1.42 bits per heavy atom. The third-order valence-electron chi connectivity index (χ3n) is 3.41. The number of hydrogen-bond acceptors (Lipinski definition) is 4. The van der Waals surface area contributed by atoms with Gasteiger partial charge in [0.05, 0.1) is 13.0 Å². The summed E-state index contributed by atoms with van der Waals surface area (Å²) in [5, 5.41) is 6.63. The molecule has 2 rings (SSSR count). The van der Waals surface area contributed by atoms with Gasteiger partial charge in [-0.15, -0.1) is 0 Å². The molecule has 0 spiro atoms. The number of hydrogen-bond donors (Lipinski definition) is 4. The minimum atomic E-state index is -3.58. The monoisotopic (exact) mass is 387 g/mol. The van der Waals surface area contributed by atoms with Crippen LogP contribution < -0.4 is 20.3 Å². The maximum absolute atomic E-state index is 12.4. The summed E-state index contributed by atoms with van der Waals surface area (Å²) in [6.45, 7) is 1.59. The van der Waals surface area contributed by atoms with Crippen LogP contribution in [0.3, 0.4) is 0 Å². The molecule has 0 radical (unpaired) electrons. The maximum atomic E-state index is 12.4. The van der Waals surface area contributed by atoms with Crippen LogP contribution >= 0.6 is 24.0 Å². The van der Waals surface area contributed by atoms with Gasteiger partial charge in [-0.1, -0.05) is 6.07 Å². The van der Waals surface area contributed by atoms with Crippen LogP contribution in [-0.4, -0.2) is 44.5 Å². The third kappa shape index (κ3) is 5.95. The summed E-state index contributed by atoms with van der Waals surface area (Å²) in [5.74, 6) is 1.72. The van der Waals surface area contributed by atoms with Crippen molar-refractivity contribution in [3.05, 3.63) is 24.3 Å². The number of thioether (sulfide) groups is 1. The molecule has 1 aliphatic heterocycles. The number of rotatable bonds is 7. The van der Waals surface area contributed by atoms with E-state index in [1.165, 1.54) is 0 Å². The summed E-state index contributed by atoms with van der Waals surface area (Å²) in [7, 11) is -3.58. The highest BCUT2D eigenvalue weighted by Gasteiger charge is 2.24. The van der Waals surface area contributed by atoms with E-state index >= 15 is 0 Å². The van der Waals surface area contributed by atoms with E-state index in [0.717, 1.165) is 38.1 Å². The van der Waals surface area contributed by atoms with Crippen molar-refractivity contribution in [2.24, 2.45) is 0 Å². The van der Waals surface area contributed by atoms with Gasteiger partial charge in [0, 0.05) is 12.2 Å². The lowest BCUT2D eigenvalue weighted by atomic mass is 10.3. The molecule has 0 amide bonds. The van der Waals surface area contributed by atoms with E-state index in [-0.39, 0.29) is 4.90 Å². The van der Waals surface area contributed by atoms with Crippen molar-refractivity contribution in [3.8, 4) is 0 Å². The van der Waals surface area contributed by atoms with Crippen LogP contribution in [0.1, 0.15) is 19.3 Å². The molecule has 4 N–H and O–H groups in total. The molecule has 0 saturated heterocycles. The van der Waals surface area contributed by atoms with Gasteiger partial charge in [0.1, 0.15) is 4.90 Å². The Hall–Kier alpha value is -1.32. The molecule has 6 nitrogen and oxygen atoms in total. The van der Waals surface area contributed by atoms with Gasteiger partial charge < -0.3 is 10.6 Å². The van der Waals surface area contributed by atoms with E-state index < -0.39 is 10.0 Å². The van der Waals surface area contributed by atoms with Gasteiger partial charge in [0.25, 0.3) is 5.84 Å². The van der Waals surface area contributed by atoms with Crippen LogP contribution in [0.5, 0.6) is 0 Å². The molecule has 0 aromatic heterocycles. The van der Waals surface area contributed by atoms with Crippen molar-refractivity contribution >= 4 is 50.6 Å². The highest BCUT2D eigenvalue weighted by Crippen LogP contribution is 2.15. The first-order valence-corrected chi connectivity index (χ1v) is 11.1. The Morgan fingerprint density at radius 2 is 2.25 bits per heavy atom. The lowest BCUT2D eigenvalue weighted by Crippen LogP contribution is -2.72. The smallest absolute Gasteiger partial charge is 0.328 e. The number of anilines is 1. The second kappa shape index (κ2) is 9.24. The van der Waals surface area contributed by atoms with E-state index in [2.05, 4.69) is 26.6 Å². The summed E-state index contributed by atoms with van der Waals surface area (Å²) in [6, 6.07) is 6.63. The largest absolute Gasteiger partial charge is 0.362 e. The van der Waals surface area contributed by atoms with E-state index in [1.54, 1.807) is 36.0 Å². The maximum Gasteiger partial charge on any atom is 0.328 e. The number of amidine groups is 1. The van der Waals surface area contributed by atoms with Gasteiger partial charge in [-0.2, -0.15) is 24.9 Å². The molecule has 1 heterocycles. The zero-order valence-electron chi connectivity index (χ0n) is 13.6. The fraction of sp³-hybridized carbons (Fsp3) is 0.467. The van der Waals surface area contributed by atoms with Gasteiger partial charge in [-0.3, -0.25) is 4.99 Å². The zero-order chi connectivity index (χ0) is 17.4. The lowest BCUT2D eigenvalue weighted by Gasteiger charge is -2.11. The van der Waals surface area contributed by atoms with Crippen LogP contribution in [0.2, 0.25) is 0 Å². The second-order valence-corrected chi connectivity index (χ2v) is 8.45. The average molecular weight is 388 g/mol. The molecule has 0 aliphatic carbocycles. The fourth-order valence-electron chi connectivity index (χ4n) is 2.24. The highest BCUT2D eigenvalue weighted by atomic mass is 32.2. The first-order valence-electron chi connectivity index (χ1n) is 7.77. The standard InChI is InChI=1S/C15H22N4O2S3/c1-23-10-4-9-17-15(22)18-12-5-2-6-13(11-12)24(20,21)19-14-7-3-8-16-14/h2,5-6,11H,3-4,7-10H2,1H3,(H,16,19)(H2,17,18,22)/p+1. The van der Waals surface area contributed by atoms with Crippen LogP contribution in [0, 0.1) is 0 Å². The number of thiocarbonyl (C=S) groups is 1. The normalized spacial score (nSPS) is 14.1. The van der Waals surface area contributed by atoms with Crippen molar-refractivity contribution in [2.75, 3.05) is 30.4 Å². The average Bonchev–Trinajstić information content (AvgIpc) is 3.04. The van der Waals surface area contributed by atoms with Gasteiger partial charge in [-0.05, 0) is 55.3 Å². The Labute approximate surface area is 152 Å². The van der Waals surface area contributed by atoms with E-state index in [4.69, 9.17) is 12.2 Å². The molecule has 0 bridgehead atoms. The number of nitrogens with one attached hydrogen (secondary N) is 4. The van der Waals surface area contributed by atoms with Crippen LogP contribution in [0.15, 0.2) is 29.2 Å². The number of sulfonamides is 1. The summed E-state index contributed by atoms with van der Waals surface area (Å²) in [6.07, 6.45) is 4.75. The summed E-state index contributed by atoms with van der Waals surface area (Å²) in [4.78, 5) is 3.25. The Kier molecular flexibility index (Phi) is 7.32. The Balaban J connectivity index is 1.96. The molecule has 0 unspecified atom stereocenters. The molecular formula is C15H23N4O2S3+.